The van der Waals surface area contributed by atoms with Gasteiger partial charge in [-0.2, -0.15) is 0 Å². The highest BCUT2D eigenvalue weighted by Gasteiger charge is 2.45. The number of benzene rings is 2. The fourth-order valence-corrected chi connectivity index (χ4v) is 5.96. The molecular formula is C35H43Cl2N5O3. The Kier molecular flexibility index (Phi) is 12.0. The molecule has 4 aromatic rings. The molecule has 3 heterocycles. The van der Waals surface area contributed by atoms with Gasteiger partial charge in [-0.15, -0.1) is 24.8 Å². The summed E-state index contributed by atoms with van der Waals surface area (Å²) in [6.45, 7) is 10.7. The topological polar surface area (TPSA) is 78.8 Å². The minimum atomic E-state index is -1.12. The van der Waals surface area contributed by atoms with Crippen molar-refractivity contribution in [1.29, 1.82) is 0 Å². The van der Waals surface area contributed by atoms with Crippen LogP contribution in [0.5, 0.6) is 0 Å². The number of aryl methyl sites for hydroxylation is 2. The minimum absolute atomic E-state index is 0. The molecule has 240 valence electrons. The zero-order chi connectivity index (χ0) is 30.7. The molecule has 0 aliphatic carbocycles. The van der Waals surface area contributed by atoms with Crippen LogP contribution in [0, 0.1) is 12.3 Å². The number of carbonyl (C=O) groups is 2. The summed E-state index contributed by atoms with van der Waals surface area (Å²) in [5.41, 5.74) is 3.74. The molecule has 0 atom stereocenters. The van der Waals surface area contributed by atoms with E-state index in [1.807, 2.05) is 68.7 Å². The molecule has 0 fully saturated rings. The highest BCUT2D eigenvalue weighted by molar-refractivity contribution is 6.19. The van der Waals surface area contributed by atoms with Crippen LogP contribution < -0.4 is 15.4 Å². The average molecular weight is 653 g/mol. The lowest BCUT2D eigenvalue weighted by atomic mass is 9.90. The summed E-state index contributed by atoms with van der Waals surface area (Å²) in [5, 5.41) is 1.69. The van der Waals surface area contributed by atoms with Crippen molar-refractivity contribution in [2.75, 3.05) is 36.5 Å². The van der Waals surface area contributed by atoms with Crippen LogP contribution in [-0.2, 0) is 29.1 Å². The first-order chi connectivity index (χ1) is 20.6. The van der Waals surface area contributed by atoms with E-state index in [1.54, 1.807) is 35.3 Å². The molecule has 0 saturated carbocycles. The van der Waals surface area contributed by atoms with Crippen molar-refractivity contribution in [3.63, 3.8) is 0 Å². The number of pyridine rings is 2. The van der Waals surface area contributed by atoms with Gasteiger partial charge in [-0.25, -0.2) is 0 Å². The third kappa shape index (κ3) is 7.40. The summed E-state index contributed by atoms with van der Waals surface area (Å²) in [4.78, 5) is 49.8. The van der Waals surface area contributed by atoms with Crippen LogP contribution in [0.25, 0.3) is 10.8 Å². The van der Waals surface area contributed by atoms with E-state index in [1.165, 1.54) is 5.56 Å². The molecule has 45 heavy (non-hydrogen) atoms. The maximum atomic E-state index is 13.2. The molecule has 1 aliphatic heterocycles. The van der Waals surface area contributed by atoms with Gasteiger partial charge in [0.25, 0.3) is 5.56 Å². The third-order valence-electron chi connectivity index (χ3n) is 8.62. The monoisotopic (exact) mass is 651 g/mol. The Bertz CT molecular complexity index is 1720. The van der Waals surface area contributed by atoms with Crippen LogP contribution >= 0.6 is 24.8 Å². The maximum Gasteiger partial charge on any atom is 0.258 e. The van der Waals surface area contributed by atoms with Crippen molar-refractivity contribution < 1.29 is 9.59 Å². The molecule has 10 heteroatoms. The summed E-state index contributed by atoms with van der Waals surface area (Å²) < 4.78 is 1.80. The van der Waals surface area contributed by atoms with Crippen LogP contribution in [0.4, 0.5) is 11.4 Å². The standard InChI is InChI=1S/C35H41N5O3.2ClH/c1-6-40-30-16-15-26(23-31(30)37(5)33(42)35(3,4)34(40)43)11-10-19-38(24-28-13-9-18-36-25(28)2)21-22-39-20-17-27-12-7-8-14-29(27)32(39)41;;/h7-9,12-18,20,23H,6,10-11,19,21-22,24H2,1-5H3;2*1H. The normalized spacial score (nSPS) is 14.2. The lowest BCUT2D eigenvalue weighted by Gasteiger charge is -2.27. The van der Waals surface area contributed by atoms with Crippen LogP contribution in [0.2, 0.25) is 0 Å². The molecule has 0 N–H and O–H groups in total. The lowest BCUT2D eigenvalue weighted by Crippen LogP contribution is -2.47. The zero-order valence-corrected chi connectivity index (χ0v) is 28.3. The Morgan fingerprint density at radius 2 is 1.64 bits per heavy atom. The summed E-state index contributed by atoms with van der Waals surface area (Å²) in [5.74, 6) is -0.376. The number of rotatable bonds is 10. The van der Waals surface area contributed by atoms with Gasteiger partial charge in [0.05, 0.1) is 11.4 Å². The Hall–Kier alpha value is -3.72. The Morgan fingerprint density at radius 1 is 0.889 bits per heavy atom. The molecule has 0 radical (unpaired) electrons. The molecule has 2 aromatic heterocycles. The largest absolute Gasteiger partial charge is 0.314 e. The number of nitrogens with zero attached hydrogens (tertiary/aromatic N) is 5. The van der Waals surface area contributed by atoms with Crippen molar-refractivity contribution >= 4 is 58.8 Å². The first kappa shape index (κ1) is 35.8. The summed E-state index contributed by atoms with van der Waals surface area (Å²) in [7, 11) is 1.76. The first-order valence-electron chi connectivity index (χ1n) is 15.1. The van der Waals surface area contributed by atoms with E-state index in [9.17, 15) is 14.4 Å². The Labute approximate surface area is 277 Å². The number of halogens is 2. The second-order valence-electron chi connectivity index (χ2n) is 11.9. The van der Waals surface area contributed by atoms with Gasteiger partial charge < -0.3 is 14.4 Å². The predicted octanol–water partition coefficient (Wildman–Crippen LogP) is 6.04. The first-order valence-corrected chi connectivity index (χ1v) is 15.1. The summed E-state index contributed by atoms with van der Waals surface area (Å²) in [6.07, 6.45) is 5.41. The second-order valence-corrected chi connectivity index (χ2v) is 11.9. The van der Waals surface area contributed by atoms with Crippen molar-refractivity contribution in [1.82, 2.24) is 14.5 Å². The van der Waals surface area contributed by atoms with Crippen LogP contribution in [0.15, 0.2) is 77.9 Å². The Balaban J connectivity index is 0.00000276. The summed E-state index contributed by atoms with van der Waals surface area (Å²) in [6, 6.07) is 19.9. The molecular weight excluding hydrogens is 609 g/mol. The van der Waals surface area contributed by atoms with Crippen LogP contribution in [-0.4, -0.2) is 52.9 Å². The fraction of sp³-hybridized carbons (Fsp3) is 0.371. The van der Waals surface area contributed by atoms with E-state index in [4.69, 9.17) is 0 Å². The molecule has 0 spiro atoms. The quantitative estimate of drug-likeness (QED) is 0.195. The van der Waals surface area contributed by atoms with E-state index in [0.29, 0.717) is 13.1 Å². The highest BCUT2D eigenvalue weighted by atomic mass is 35.5. The van der Waals surface area contributed by atoms with Gasteiger partial charge in [0.15, 0.2) is 0 Å². The number of fused-ring (bicyclic) bond motifs is 2. The smallest absolute Gasteiger partial charge is 0.258 e. The SMILES string of the molecule is CCN1C(=O)C(C)(C)C(=O)N(C)c2cc(CCCN(CCn3ccc4ccccc4c3=O)Cc3cccnc3C)ccc21.Cl.Cl. The van der Waals surface area contributed by atoms with Gasteiger partial charge in [0.2, 0.25) is 11.8 Å². The fourth-order valence-electron chi connectivity index (χ4n) is 5.96. The molecule has 0 saturated heterocycles. The van der Waals surface area contributed by atoms with Crippen molar-refractivity contribution in [3.8, 4) is 0 Å². The van der Waals surface area contributed by atoms with Crippen LogP contribution in [0.3, 0.4) is 0 Å². The maximum absolute atomic E-state index is 13.2. The van der Waals surface area contributed by atoms with E-state index >= 15 is 0 Å². The molecule has 2 aromatic carbocycles. The highest BCUT2D eigenvalue weighted by Crippen LogP contribution is 2.38. The number of aromatic nitrogens is 2. The molecule has 2 amide bonds. The number of hydrogen-bond acceptors (Lipinski definition) is 5. The average Bonchev–Trinajstić information content (AvgIpc) is 3.06. The van der Waals surface area contributed by atoms with E-state index in [2.05, 4.69) is 28.1 Å². The summed E-state index contributed by atoms with van der Waals surface area (Å²) >= 11 is 0. The molecule has 0 unspecified atom stereocenters. The van der Waals surface area contributed by atoms with Crippen molar-refractivity contribution in [3.05, 3.63) is 100 Å². The van der Waals surface area contributed by atoms with Gasteiger partial charge in [-0.3, -0.25) is 24.3 Å². The lowest BCUT2D eigenvalue weighted by molar-refractivity contribution is -0.137. The van der Waals surface area contributed by atoms with Gasteiger partial charge in [0.1, 0.15) is 5.41 Å². The molecule has 5 rings (SSSR count). The molecule has 0 bridgehead atoms. The molecule has 1 aliphatic rings. The van der Waals surface area contributed by atoms with Crippen LogP contribution in [0.1, 0.15) is 44.0 Å². The number of anilines is 2. The zero-order valence-electron chi connectivity index (χ0n) is 26.7. The number of hydrogen-bond donors (Lipinski definition) is 0. The molecule has 8 nitrogen and oxygen atoms in total. The number of carbonyl (C=O) groups excluding carboxylic acids is 2. The van der Waals surface area contributed by atoms with Gasteiger partial charge in [-0.1, -0.05) is 30.3 Å². The van der Waals surface area contributed by atoms with Gasteiger partial charge in [-0.05, 0) is 93.9 Å². The number of amides is 2. The second kappa shape index (κ2) is 15.0. The predicted molar refractivity (Wildman–Crippen MR) is 187 cm³/mol. The van der Waals surface area contributed by atoms with Gasteiger partial charge >= 0.3 is 0 Å². The third-order valence-corrected chi connectivity index (χ3v) is 8.62. The van der Waals surface area contributed by atoms with Crippen molar-refractivity contribution in [2.24, 2.45) is 5.41 Å². The minimum Gasteiger partial charge on any atom is -0.314 e. The van der Waals surface area contributed by atoms with E-state index < -0.39 is 5.41 Å². The van der Waals surface area contributed by atoms with Gasteiger partial charge in [0, 0.05) is 56.7 Å². The Morgan fingerprint density at radius 3 is 2.38 bits per heavy atom. The van der Waals surface area contributed by atoms with Crippen molar-refractivity contribution in [2.45, 2.75) is 53.6 Å². The van der Waals surface area contributed by atoms with E-state index in [-0.39, 0.29) is 42.2 Å². The van der Waals surface area contributed by atoms with E-state index in [0.717, 1.165) is 65.9 Å².